The molecule has 7 nitrogen and oxygen atoms in total. The molecule has 2 aromatic heterocycles. The predicted molar refractivity (Wildman–Crippen MR) is 92.2 cm³/mol. The molecule has 0 saturated heterocycles. The van der Waals surface area contributed by atoms with E-state index in [0.29, 0.717) is 24.2 Å². The number of anilines is 3. The van der Waals surface area contributed by atoms with E-state index in [9.17, 15) is 5.11 Å². The van der Waals surface area contributed by atoms with E-state index >= 15 is 0 Å². The second-order valence-corrected chi connectivity index (χ2v) is 7.04. The predicted octanol–water partition coefficient (Wildman–Crippen LogP) is 2.54. The molecular weight excluding hydrogens is 304 g/mol. The number of aliphatic hydroxyl groups excluding tert-OH is 1. The molecule has 1 aliphatic carbocycles. The summed E-state index contributed by atoms with van der Waals surface area (Å²) in [4.78, 5) is 10.9. The first-order chi connectivity index (χ1) is 11.6. The molecule has 1 saturated carbocycles. The fourth-order valence-corrected chi connectivity index (χ4v) is 2.94. The zero-order chi connectivity index (χ0) is 16.6. The van der Waals surface area contributed by atoms with Gasteiger partial charge in [-0.3, -0.25) is 5.10 Å². The van der Waals surface area contributed by atoms with E-state index in [-0.39, 0.29) is 12.0 Å². The molecule has 0 aromatic carbocycles. The van der Waals surface area contributed by atoms with Gasteiger partial charge in [-0.05, 0) is 25.3 Å². The summed E-state index contributed by atoms with van der Waals surface area (Å²) >= 11 is 0. The molecular formula is C17H22N6O. The first-order valence-corrected chi connectivity index (χ1v) is 8.35. The quantitative estimate of drug-likeness (QED) is 0.782. The van der Waals surface area contributed by atoms with Crippen LogP contribution in [0.5, 0.6) is 0 Å². The topological polar surface area (TPSA) is 90.0 Å². The number of hydrogen-bond donors (Lipinski definition) is 3. The van der Waals surface area contributed by atoms with Crippen LogP contribution in [0, 0.1) is 5.41 Å². The van der Waals surface area contributed by atoms with E-state index in [1.807, 2.05) is 23.2 Å². The monoisotopic (exact) mass is 326 g/mol. The third-order valence-electron chi connectivity index (χ3n) is 4.60. The van der Waals surface area contributed by atoms with Crippen molar-refractivity contribution in [2.45, 2.75) is 32.1 Å². The lowest BCUT2D eigenvalue weighted by molar-refractivity contribution is 0.147. The average Bonchev–Trinajstić information content (AvgIpc) is 3.35. The number of H-pyrrole nitrogens is 1. The van der Waals surface area contributed by atoms with Crippen molar-refractivity contribution in [2.24, 2.45) is 5.41 Å². The van der Waals surface area contributed by atoms with E-state index in [1.165, 1.54) is 18.5 Å². The van der Waals surface area contributed by atoms with Crippen molar-refractivity contribution in [1.82, 2.24) is 20.2 Å². The normalized spacial score (nSPS) is 23.5. The van der Waals surface area contributed by atoms with Gasteiger partial charge in [0, 0.05) is 42.0 Å². The third kappa shape index (κ3) is 3.12. The Morgan fingerprint density at radius 2 is 2.29 bits per heavy atom. The molecule has 1 aliphatic heterocycles. The first kappa shape index (κ1) is 15.1. The minimum Gasteiger partial charge on any atom is -0.396 e. The molecule has 3 heterocycles. The van der Waals surface area contributed by atoms with Crippen LogP contribution < -0.4 is 10.2 Å². The molecule has 4 rings (SSSR count). The Balaban J connectivity index is 1.50. The summed E-state index contributed by atoms with van der Waals surface area (Å²) in [5.41, 5.74) is 1.02. The number of hydrogen-bond acceptors (Lipinski definition) is 6. The molecule has 0 unspecified atom stereocenters. The minimum atomic E-state index is -0.164. The molecule has 3 N–H and O–H groups in total. The van der Waals surface area contributed by atoms with E-state index in [1.54, 1.807) is 6.20 Å². The molecule has 2 aliphatic rings. The largest absolute Gasteiger partial charge is 0.396 e. The summed E-state index contributed by atoms with van der Waals surface area (Å²) in [6.45, 7) is 2.90. The average molecular weight is 326 g/mol. The lowest BCUT2D eigenvalue weighted by atomic mass is 9.85. The third-order valence-corrected chi connectivity index (χ3v) is 4.60. The standard InChI is InChI=1S/C17H22N6O/c1-17(11-24)6-2-8-23(10-17)16-18-7-5-14(20-16)19-15-9-13(21-22-15)12-3-4-12/h2,5,7-9,12,24H,3-4,6,10-11H2,1H3,(H2,18,19,20,21,22)/t17-/m0/s1. The number of nitrogens with one attached hydrogen (secondary N) is 2. The maximum Gasteiger partial charge on any atom is 0.231 e. The van der Waals surface area contributed by atoms with Crippen molar-refractivity contribution in [1.29, 1.82) is 0 Å². The Morgan fingerprint density at radius 3 is 3.08 bits per heavy atom. The number of allylic oxidation sites excluding steroid dienone is 1. The van der Waals surface area contributed by atoms with Gasteiger partial charge in [-0.15, -0.1) is 0 Å². The van der Waals surface area contributed by atoms with Gasteiger partial charge in [0.2, 0.25) is 5.95 Å². The number of aromatic amines is 1. The molecule has 0 spiro atoms. The van der Waals surface area contributed by atoms with Crippen molar-refractivity contribution < 1.29 is 5.11 Å². The minimum absolute atomic E-state index is 0.142. The Morgan fingerprint density at radius 1 is 1.42 bits per heavy atom. The van der Waals surface area contributed by atoms with Crippen LogP contribution in [-0.2, 0) is 0 Å². The summed E-state index contributed by atoms with van der Waals surface area (Å²) in [7, 11) is 0. The van der Waals surface area contributed by atoms with Crippen molar-refractivity contribution in [3.8, 4) is 0 Å². The summed E-state index contributed by atoms with van der Waals surface area (Å²) < 4.78 is 0. The fourth-order valence-electron chi connectivity index (χ4n) is 2.94. The maximum absolute atomic E-state index is 9.59. The van der Waals surface area contributed by atoms with Crippen LogP contribution >= 0.6 is 0 Å². The molecule has 7 heteroatoms. The molecule has 24 heavy (non-hydrogen) atoms. The number of rotatable bonds is 5. The lowest BCUT2D eigenvalue weighted by Crippen LogP contribution is -2.38. The fraction of sp³-hybridized carbons (Fsp3) is 0.471. The van der Waals surface area contributed by atoms with Crippen LogP contribution in [-0.4, -0.2) is 38.4 Å². The number of aromatic nitrogens is 4. The Bertz CT molecular complexity index is 753. The van der Waals surface area contributed by atoms with Crippen molar-refractivity contribution in [3.05, 3.63) is 36.3 Å². The van der Waals surface area contributed by atoms with Gasteiger partial charge in [-0.2, -0.15) is 10.1 Å². The van der Waals surface area contributed by atoms with Gasteiger partial charge in [-0.1, -0.05) is 13.0 Å². The van der Waals surface area contributed by atoms with Gasteiger partial charge >= 0.3 is 0 Å². The molecule has 2 aromatic rings. The highest BCUT2D eigenvalue weighted by molar-refractivity contribution is 5.54. The highest BCUT2D eigenvalue weighted by atomic mass is 16.3. The van der Waals surface area contributed by atoms with Gasteiger partial charge < -0.3 is 15.3 Å². The zero-order valence-electron chi connectivity index (χ0n) is 13.7. The number of aliphatic hydroxyl groups is 1. The Labute approximate surface area is 140 Å². The second kappa shape index (κ2) is 5.90. The van der Waals surface area contributed by atoms with Gasteiger partial charge in [0.25, 0.3) is 0 Å². The van der Waals surface area contributed by atoms with Crippen LogP contribution in [0.3, 0.4) is 0 Å². The molecule has 1 atom stereocenters. The molecule has 126 valence electrons. The maximum atomic E-state index is 9.59. The van der Waals surface area contributed by atoms with Crippen LogP contribution in [0.1, 0.15) is 37.8 Å². The van der Waals surface area contributed by atoms with Gasteiger partial charge in [-0.25, -0.2) is 4.98 Å². The lowest BCUT2D eigenvalue weighted by Gasteiger charge is -2.35. The molecule has 1 fully saturated rings. The van der Waals surface area contributed by atoms with Crippen LogP contribution in [0.25, 0.3) is 0 Å². The van der Waals surface area contributed by atoms with Crippen molar-refractivity contribution >= 4 is 17.6 Å². The second-order valence-electron chi connectivity index (χ2n) is 7.04. The van der Waals surface area contributed by atoms with Crippen molar-refractivity contribution in [3.63, 3.8) is 0 Å². The summed E-state index contributed by atoms with van der Waals surface area (Å²) in [6, 6.07) is 3.87. The van der Waals surface area contributed by atoms with E-state index in [2.05, 4.69) is 38.5 Å². The summed E-state index contributed by atoms with van der Waals surface area (Å²) in [5.74, 6) is 2.74. The van der Waals surface area contributed by atoms with E-state index < -0.39 is 0 Å². The highest BCUT2D eigenvalue weighted by Gasteiger charge is 2.29. The molecule has 0 amide bonds. The molecule has 0 bridgehead atoms. The van der Waals surface area contributed by atoms with Gasteiger partial charge in [0.05, 0.1) is 6.61 Å². The highest BCUT2D eigenvalue weighted by Crippen LogP contribution is 2.39. The molecule has 0 radical (unpaired) electrons. The van der Waals surface area contributed by atoms with Gasteiger partial charge in [0.15, 0.2) is 5.82 Å². The van der Waals surface area contributed by atoms with Gasteiger partial charge in [0.1, 0.15) is 5.82 Å². The Hall–Kier alpha value is -2.41. The zero-order valence-corrected chi connectivity index (χ0v) is 13.7. The number of nitrogens with zero attached hydrogens (tertiary/aromatic N) is 4. The summed E-state index contributed by atoms with van der Waals surface area (Å²) in [5, 5.41) is 20.2. The van der Waals surface area contributed by atoms with Crippen molar-refractivity contribution in [2.75, 3.05) is 23.4 Å². The van der Waals surface area contributed by atoms with Crippen LogP contribution in [0.2, 0.25) is 0 Å². The smallest absolute Gasteiger partial charge is 0.231 e. The van der Waals surface area contributed by atoms with Crippen LogP contribution in [0.15, 0.2) is 30.6 Å². The SMILES string of the molecule is C[C@]1(CO)CC=CN(c2nccc(Nc3cc(C4CC4)[nH]n3)n2)C1. The summed E-state index contributed by atoms with van der Waals surface area (Å²) in [6.07, 6.45) is 9.11. The first-order valence-electron chi connectivity index (χ1n) is 8.35. The van der Waals surface area contributed by atoms with Crippen LogP contribution in [0.4, 0.5) is 17.6 Å². The van der Waals surface area contributed by atoms with E-state index in [4.69, 9.17) is 0 Å². The Kier molecular flexibility index (Phi) is 3.72. The van der Waals surface area contributed by atoms with E-state index in [0.717, 1.165) is 12.2 Å².